The lowest BCUT2D eigenvalue weighted by molar-refractivity contribution is -0.762. The van der Waals surface area contributed by atoms with Crippen molar-refractivity contribution in [2.75, 3.05) is 21.3 Å². The Labute approximate surface area is 161 Å². The number of hydrogen-bond donors (Lipinski definition) is 0. The molecule has 3 aliphatic carbocycles. The third kappa shape index (κ3) is 2.56. The molecule has 6 unspecified atom stereocenters. The molecule has 0 radical (unpaired) electrons. The molecular formula is C19H22NO6S+. The summed E-state index contributed by atoms with van der Waals surface area (Å²) in [6.45, 7) is 0. The average molecular weight is 392 g/mol. The molecule has 0 N–H and O–H groups in total. The number of esters is 3. The monoisotopic (exact) mass is 392 g/mol. The van der Waals surface area contributed by atoms with Gasteiger partial charge in [-0.3, -0.25) is 9.59 Å². The molecule has 2 heterocycles. The van der Waals surface area contributed by atoms with Crippen LogP contribution in [0.1, 0.15) is 29.2 Å². The fourth-order valence-electron chi connectivity index (χ4n) is 5.23. The smallest absolute Gasteiger partial charge is 0.345 e. The number of carbonyl (C=O) groups is 3. The molecule has 8 heteroatoms. The third-order valence-electron chi connectivity index (χ3n) is 6.24. The number of ether oxygens (including phenoxy) is 3. The van der Waals surface area contributed by atoms with Crippen molar-refractivity contribution in [3.63, 3.8) is 0 Å². The van der Waals surface area contributed by atoms with E-state index >= 15 is 0 Å². The van der Waals surface area contributed by atoms with E-state index in [1.807, 2.05) is 12.3 Å². The summed E-state index contributed by atoms with van der Waals surface area (Å²) in [6, 6.07) is 3.61. The zero-order valence-electron chi connectivity index (χ0n) is 15.4. The van der Waals surface area contributed by atoms with Crippen LogP contribution < -0.4 is 4.57 Å². The van der Waals surface area contributed by atoms with Gasteiger partial charge in [-0.05, 0) is 36.6 Å². The molecule has 0 aromatic carbocycles. The quantitative estimate of drug-likeness (QED) is 0.437. The number of carbonyl (C=O) groups excluding carboxylic acids is 3. The van der Waals surface area contributed by atoms with Crippen LogP contribution in [0.15, 0.2) is 23.4 Å². The van der Waals surface area contributed by atoms with E-state index in [0.29, 0.717) is 5.56 Å². The molecule has 3 saturated carbocycles. The molecule has 0 saturated heterocycles. The molecule has 5 rings (SSSR count). The summed E-state index contributed by atoms with van der Waals surface area (Å²) in [5.41, 5.74) is 0.517. The van der Waals surface area contributed by atoms with Gasteiger partial charge in [-0.1, -0.05) is 0 Å². The van der Waals surface area contributed by atoms with E-state index < -0.39 is 11.8 Å². The highest BCUT2D eigenvalue weighted by Crippen LogP contribution is 2.60. The summed E-state index contributed by atoms with van der Waals surface area (Å²) >= 11 is 1.61. The van der Waals surface area contributed by atoms with E-state index in [4.69, 9.17) is 14.2 Å². The van der Waals surface area contributed by atoms with Gasteiger partial charge in [0, 0.05) is 12.0 Å². The number of rotatable bonds is 3. The molecule has 7 nitrogen and oxygen atoms in total. The Morgan fingerprint density at radius 2 is 1.63 bits per heavy atom. The van der Waals surface area contributed by atoms with E-state index in [9.17, 15) is 14.4 Å². The van der Waals surface area contributed by atoms with Crippen molar-refractivity contribution < 1.29 is 33.2 Å². The Balaban J connectivity index is 1.80. The lowest BCUT2D eigenvalue weighted by Gasteiger charge is -2.49. The number of methoxy groups -OCH3 is 3. The normalized spacial score (nSPS) is 33.0. The Bertz CT molecular complexity index is 811. The van der Waals surface area contributed by atoms with Crippen LogP contribution in [0.25, 0.3) is 0 Å². The van der Waals surface area contributed by atoms with Crippen LogP contribution >= 0.6 is 11.8 Å². The van der Waals surface area contributed by atoms with Crippen molar-refractivity contribution in [1.82, 2.24) is 0 Å². The molecule has 144 valence electrons. The first-order chi connectivity index (χ1) is 13.0. The maximum absolute atomic E-state index is 12.6. The molecule has 6 atom stereocenters. The fraction of sp³-hybridized carbons (Fsp3) is 0.579. The minimum absolute atomic E-state index is 0.00746. The summed E-state index contributed by atoms with van der Waals surface area (Å²) in [5.74, 6) is -2.17. The van der Waals surface area contributed by atoms with Crippen molar-refractivity contribution in [1.29, 1.82) is 0 Å². The van der Waals surface area contributed by atoms with Gasteiger partial charge in [-0.25, -0.2) is 4.79 Å². The zero-order chi connectivity index (χ0) is 19.3. The van der Waals surface area contributed by atoms with E-state index in [2.05, 4.69) is 4.57 Å². The summed E-state index contributed by atoms with van der Waals surface area (Å²) in [7, 11) is 4.08. The van der Waals surface area contributed by atoms with Crippen molar-refractivity contribution in [3.8, 4) is 0 Å². The third-order valence-corrected chi connectivity index (χ3v) is 7.79. The van der Waals surface area contributed by atoms with Crippen LogP contribution in [-0.4, -0.2) is 44.5 Å². The average Bonchev–Trinajstić information content (AvgIpc) is 3.12. The summed E-state index contributed by atoms with van der Waals surface area (Å²) in [6.07, 6.45) is 3.64. The van der Waals surface area contributed by atoms with Crippen LogP contribution in [0.3, 0.4) is 0 Å². The maximum atomic E-state index is 12.6. The number of fused-ring (bicyclic) bond motifs is 3. The molecule has 2 bridgehead atoms. The number of thioether (sulfide) groups is 1. The van der Waals surface area contributed by atoms with Gasteiger partial charge in [-0.15, -0.1) is 0 Å². The standard InChI is InChI=1S/C19H22NO6S/c1-24-17(21)11-5-4-8-20-14-9-6-7-10(15(14)27-16(11)20)13(19(23)26-3)12(9)18(22)25-2/h4-5,8-10,12-15H,6-7H2,1-3H3/q+1. The van der Waals surface area contributed by atoms with Gasteiger partial charge < -0.3 is 14.2 Å². The van der Waals surface area contributed by atoms with Crippen LogP contribution in [0.2, 0.25) is 0 Å². The van der Waals surface area contributed by atoms with E-state index in [1.54, 1.807) is 17.8 Å². The second-order valence-electron chi connectivity index (χ2n) is 7.20. The molecule has 1 aromatic rings. The first-order valence-electron chi connectivity index (χ1n) is 8.98. The van der Waals surface area contributed by atoms with Gasteiger partial charge in [0.1, 0.15) is 5.56 Å². The Kier molecular flexibility index (Phi) is 4.61. The number of pyridine rings is 1. The van der Waals surface area contributed by atoms with Crippen LogP contribution in [-0.2, 0) is 23.8 Å². The van der Waals surface area contributed by atoms with Crippen molar-refractivity contribution in [2.24, 2.45) is 23.7 Å². The van der Waals surface area contributed by atoms with E-state index in [1.165, 1.54) is 21.3 Å². The van der Waals surface area contributed by atoms with Crippen LogP contribution in [0.5, 0.6) is 0 Å². The SMILES string of the molecule is COC(=O)c1ccc[n+]2c1SC1C3CCC(C(C(=O)OC)C3C(=O)OC)C12. The molecule has 1 aromatic heterocycles. The van der Waals surface area contributed by atoms with Crippen LogP contribution in [0.4, 0.5) is 0 Å². The van der Waals surface area contributed by atoms with E-state index in [-0.39, 0.29) is 41.0 Å². The van der Waals surface area contributed by atoms with Gasteiger partial charge in [-0.2, -0.15) is 4.57 Å². The lowest BCUT2D eigenvalue weighted by atomic mass is 9.56. The van der Waals surface area contributed by atoms with Gasteiger partial charge in [0.15, 0.2) is 12.2 Å². The topological polar surface area (TPSA) is 82.8 Å². The summed E-state index contributed by atoms with van der Waals surface area (Å²) in [5, 5.41) is 0.949. The second kappa shape index (κ2) is 6.82. The largest absolute Gasteiger partial charge is 0.469 e. The van der Waals surface area contributed by atoms with Crippen molar-refractivity contribution >= 4 is 29.7 Å². The minimum Gasteiger partial charge on any atom is -0.469 e. The van der Waals surface area contributed by atoms with Crippen molar-refractivity contribution in [3.05, 3.63) is 23.9 Å². The molecule has 0 amide bonds. The highest BCUT2D eigenvalue weighted by Gasteiger charge is 2.66. The second-order valence-corrected chi connectivity index (χ2v) is 8.37. The predicted octanol–water partition coefficient (Wildman–Crippen LogP) is 1.39. The summed E-state index contributed by atoms with van der Waals surface area (Å²) in [4.78, 5) is 37.3. The highest BCUT2D eigenvalue weighted by atomic mass is 32.2. The van der Waals surface area contributed by atoms with Crippen molar-refractivity contribution in [2.45, 2.75) is 29.2 Å². The van der Waals surface area contributed by atoms with Gasteiger partial charge in [0.25, 0.3) is 5.03 Å². The van der Waals surface area contributed by atoms with Gasteiger partial charge >= 0.3 is 17.9 Å². The molecular weight excluding hydrogens is 370 g/mol. The van der Waals surface area contributed by atoms with Gasteiger partial charge in [0.05, 0.1) is 38.4 Å². The number of nitrogens with zero attached hydrogens (tertiary/aromatic N) is 1. The fourth-order valence-corrected chi connectivity index (χ4v) is 7.02. The molecule has 0 spiro atoms. The molecule has 1 aliphatic heterocycles. The molecule has 4 aliphatic rings. The lowest BCUT2D eigenvalue weighted by Crippen LogP contribution is -2.61. The first kappa shape index (κ1) is 18.3. The predicted molar refractivity (Wildman–Crippen MR) is 93.9 cm³/mol. The Hall–Kier alpha value is -2.09. The molecule has 27 heavy (non-hydrogen) atoms. The van der Waals surface area contributed by atoms with Gasteiger partial charge in [0.2, 0.25) is 0 Å². The summed E-state index contributed by atoms with van der Waals surface area (Å²) < 4.78 is 17.1. The number of hydrogen-bond acceptors (Lipinski definition) is 7. The minimum atomic E-state index is -0.525. The van der Waals surface area contributed by atoms with E-state index in [0.717, 1.165) is 17.9 Å². The Morgan fingerprint density at radius 1 is 1.00 bits per heavy atom. The highest BCUT2D eigenvalue weighted by molar-refractivity contribution is 8.00. The van der Waals surface area contributed by atoms with Crippen LogP contribution in [0, 0.1) is 23.7 Å². The Morgan fingerprint density at radius 3 is 2.26 bits per heavy atom. The first-order valence-corrected chi connectivity index (χ1v) is 9.86. The zero-order valence-corrected chi connectivity index (χ0v) is 16.2. The number of aromatic nitrogens is 1. The maximum Gasteiger partial charge on any atom is 0.345 e. The molecule has 3 fully saturated rings.